The Kier molecular flexibility index (Phi) is 6.22. The Bertz CT molecular complexity index is 407. The van der Waals surface area contributed by atoms with E-state index in [-0.39, 0.29) is 5.91 Å². The van der Waals surface area contributed by atoms with Crippen LogP contribution in [0.25, 0.3) is 0 Å². The van der Waals surface area contributed by atoms with Crippen molar-refractivity contribution in [1.82, 2.24) is 4.90 Å². The Morgan fingerprint density at radius 2 is 2.11 bits per heavy atom. The third-order valence-corrected chi connectivity index (χ3v) is 3.11. The van der Waals surface area contributed by atoms with Gasteiger partial charge in [0.25, 0.3) is 5.91 Å². The van der Waals surface area contributed by atoms with Gasteiger partial charge < -0.3 is 9.64 Å². The number of carbonyl (C=O) groups is 1. The van der Waals surface area contributed by atoms with E-state index in [9.17, 15) is 4.79 Å². The molecule has 1 amide bonds. The van der Waals surface area contributed by atoms with Crippen LogP contribution in [0.5, 0.6) is 0 Å². The van der Waals surface area contributed by atoms with Crippen molar-refractivity contribution in [2.45, 2.75) is 25.7 Å². The van der Waals surface area contributed by atoms with Crippen LogP contribution in [0.1, 0.15) is 29.8 Å². The second kappa shape index (κ2) is 7.44. The maximum absolute atomic E-state index is 12.4. The second-order valence-corrected chi connectivity index (χ2v) is 4.60. The normalized spacial score (nSPS) is 10.4. The highest BCUT2D eigenvalue weighted by Crippen LogP contribution is 2.16. The van der Waals surface area contributed by atoms with E-state index in [2.05, 4.69) is 12.6 Å². The summed E-state index contributed by atoms with van der Waals surface area (Å²) in [6.07, 6.45) is 0. The van der Waals surface area contributed by atoms with Crippen molar-refractivity contribution >= 4 is 18.5 Å². The first-order chi connectivity index (χ1) is 8.60. The van der Waals surface area contributed by atoms with Gasteiger partial charge in [0.2, 0.25) is 0 Å². The number of likely N-dealkylation sites (N-methyl/N-ethyl adjacent to an activating group) is 1. The maximum atomic E-state index is 12.4. The highest BCUT2D eigenvalue weighted by atomic mass is 32.1. The van der Waals surface area contributed by atoms with Crippen LogP contribution in [0.4, 0.5) is 0 Å². The molecule has 0 aliphatic heterocycles. The van der Waals surface area contributed by atoms with Gasteiger partial charge in [0.1, 0.15) is 0 Å². The first kappa shape index (κ1) is 15.1. The number of thiol groups is 1. The van der Waals surface area contributed by atoms with Gasteiger partial charge in [0, 0.05) is 30.2 Å². The lowest BCUT2D eigenvalue weighted by Gasteiger charge is -2.21. The van der Waals surface area contributed by atoms with Gasteiger partial charge in [-0.05, 0) is 38.5 Å². The molecular weight excluding hydrogens is 246 g/mol. The number of carbonyl (C=O) groups excluding carboxylic acids is 1. The van der Waals surface area contributed by atoms with E-state index in [1.54, 1.807) is 4.90 Å². The van der Waals surface area contributed by atoms with E-state index in [0.717, 1.165) is 16.0 Å². The van der Waals surface area contributed by atoms with Crippen LogP contribution < -0.4 is 0 Å². The van der Waals surface area contributed by atoms with Crippen LogP contribution in [0.15, 0.2) is 23.1 Å². The summed E-state index contributed by atoms with van der Waals surface area (Å²) in [5, 5.41) is 0. The summed E-state index contributed by atoms with van der Waals surface area (Å²) in [5.74, 6) is 0.0469. The SMILES string of the molecule is CCOCCN(CC)C(=O)c1cc(S)ccc1C. The number of amides is 1. The number of rotatable bonds is 6. The molecule has 0 bridgehead atoms. The zero-order valence-corrected chi connectivity index (χ0v) is 12.2. The lowest BCUT2D eigenvalue weighted by molar-refractivity contribution is 0.0668. The summed E-state index contributed by atoms with van der Waals surface area (Å²) < 4.78 is 5.30. The van der Waals surface area contributed by atoms with Crippen molar-refractivity contribution in [3.05, 3.63) is 29.3 Å². The van der Waals surface area contributed by atoms with Crippen molar-refractivity contribution in [2.24, 2.45) is 0 Å². The number of nitrogens with zero attached hydrogens (tertiary/aromatic N) is 1. The number of hydrogen-bond acceptors (Lipinski definition) is 3. The first-order valence-corrected chi connectivity index (χ1v) is 6.71. The van der Waals surface area contributed by atoms with Gasteiger partial charge in [0.15, 0.2) is 0 Å². The van der Waals surface area contributed by atoms with E-state index in [4.69, 9.17) is 4.74 Å². The average molecular weight is 267 g/mol. The highest BCUT2D eigenvalue weighted by molar-refractivity contribution is 7.80. The van der Waals surface area contributed by atoms with E-state index in [1.807, 2.05) is 39.0 Å². The van der Waals surface area contributed by atoms with Crippen LogP contribution in [-0.2, 0) is 4.74 Å². The van der Waals surface area contributed by atoms with E-state index >= 15 is 0 Å². The number of ether oxygens (including phenoxy) is 1. The molecule has 0 N–H and O–H groups in total. The third kappa shape index (κ3) is 4.03. The van der Waals surface area contributed by atoms with Crippen molar-refractivity contribution < 1.29 is 9.53 Å². The summed E-state index contributed by atoms with van der Waals surface area (Å²) >= 11 is 4.28. The monoisotopic (exact) mass is 267 g/mol. The van der Waals surface area contributed by atoms with Crippen molar-refractivity contribution in [2.75, 3.05) is 26.3 Å². The Hall–Kier alpha value is -1.00. The van der Waals surface area contributed by atoms with Crippen LogP contribution in [0.2, 0.25) is 0 Å². The van der Waals surface area contributed by atoms with Gasteiger partial charge in [-0.1, -0.05) is 6.07 Å². The fourth-order valence-corrected chi connectivity index (χ4v) is 1.94. The average Bonchev–Trinajstić information content (AvgIpc) is 2.37. The smallest absolute Gasteiger partial charge is 0.254 e. The van der Waals surface area contributed by atoms with Crippen molar-refractivity contribution in [1.29, 1.82) is 0 Å². The molecule has 100 valence electrons. The Morgan fingerprint density at radius 1 is 1.39 bits per heavy atom. The minimum atomic E-state index is 0.0469. The second-order valence-electron chi connectivity index (χ2n) is 4.08. The molecule has 0 heterocycles. The van der Waals surface area contributed by atoms with Crippen molar-refractivity contribution in [3.8, 4) is 0 Å². The molecule has 0 fully saturated rings. The van der Waals surface area contributed by atoms with Crippen LogP contribution in [-0.4, -0.2) is 37.1 Å². The first-order valence-electron chi connectivity index (χ1n) is 6.26. The summed E-state index contributed by atoms with van der Waals surface area (Å²) in [5.41, 5.74) is 1.70. The molecule has 4 heteroatoms. The summed E-state index contributed by atoms with van der Waals surface area (Å²) in [6, 6.07) is 5.64. The quantitative estimate of drug-likeness (QED) is 0.634. The molecule has 18 heavy (non-hydrogen) atoms. The number of aryl methyl sites for hydroxylation is 1. The fraction of sp³-hybridized carbons (Fsp3) is 0.500. The molecule has 0 aliphatic carbocycles. The van der Waals surface area contributed by atoms with Crippen LogP contribution in [0, 0.1) is 6.92 Å². The van der Waals surface area contributed by atoms with E-state index < -0.39 is 0 Å². The lowest BCUT2D eigenvalue weighted by Crippen LogP contribution is -2.34. The molecule has 0 unspecified atom stereocenters. The number of benzene rings is 1. The minimum absolute atomic E-state index is 0.0469. The molecule has 1 aromatic carbocycles. The van der Waals surface area contributed by atoms with Gasteiger partial charge in [0.05, 0.1) is 6.61 Å². The van der Waals surface area contributed by atoms with Crippen LogP contribution >= 0.6 is 12.6 Å². The Morgan fingerprint density at radius 3 is 2.72 bits per heavy atom. The molecule has 0 saturated heterocycles. The largest absolute Gasteiger partial charge is 0.380 e. The highest BCUT2D eigenvalue weighted by Gasteiger charge is 2.16. The third-order valence-electron chi connectivity index (χ3n) is 2.83. The molecule has 0 spiro atoms. The Labute approximate surface area is 115 Å². The summed E-state index contributed by atoms with van der Waals surface area (Å²) in [4.78, 5) is 15.0. The molecule has 0 atom stereocenters. The molecule has 0 aliphatic rings. The molecule has 0 saturated carbocycles. The minimum Gasteiger partial charge on any atom is -0.380 e. The molecule has 1 aromatic rings. The predicted octanol–water partition coefficient (Wildman–Crippen LogP) is 2.78. The zero-order chi connectivity index (χ0) is 13.5. The molecule has 0 aromatic heterocycles. The molecular formula is C14H21NO2S. The Balaban J connectivity index is 2.79. The van der Waals surface area contributed by atoms with Gasteiger partial charge in [-0.15, -0.1) is 12.6 Å². The van der Waals surface area contributed by atoms with Crippen LogP contribution in [0.3, 0.4) is 0 Å². The standard InChI is InChI=1S/C14H21NO2S/c1-4-15(8-9-17-5-2)14(16)13-10-12(18)7-6-11(13)3/h6-7,10,18H,4-5,8-9H2,1-3H3. The molecule has 3 nitrogen and oxygen atoms in total. The zero-order valence-electron chi connectivity index (χ0n) is 11.3. The summed E-state index contributed by atoms with van der Waals surface area (Å²) in [7, 11) is 0. The summed E-state index contributed by atoms with van der Waals surface area (Å²) in [6.45, 7) is 8.43. The van der Waals surface area contributed by atoms with E-state index in [1.165, 1.54) is 0 Å². The fourth-order valence-electron chi connectivity index (χ4n) is 1.73. The predicted molar refractivity (Wildman–Crippen MR) is 76.5 cm³/mol. The molecule has 0 radical (unpaired) electrons. The van der Waals surface area contributed by atoms with Gasteiger partial charge in [-0.3, -0.25) is 4.79 Å². The lowest BCUT2D eigenvalue weighted by atomic mass is 10.1. The maximum Gasteiger partial charge on any atom is 0.254 e. The van der Waals surface area contributed by atoms with E-state index in [0.29, 0.717) is 26.3 Å². The van der Waals surface area contributed by atoms with Crippen molar-refractivity contribution in [3.63, 3.8) is 0 Å². The van der Waals surface area contributed by atoms with Gasteiger partial charge in [-0.2, -0.15) is 0 Å². The topological polar surface area (TPSA) is 29.5 Å². The van der Waals surface area contributed by atoms with Gasteiger partial charge in [-0.25, -0.2) is 0 Å². The molecule has 1 rings (SSSR count). The number of hydrogen-bond donors (Lipinski definition) is 1. The van der Waals surface area contributed by atoms with Gasteiger partial charge >= 0.3 is 0 Å².